The van der Waals surface area contributed by atoms with Gasteiger partial charge < -0.3 is 45.1 Å². The lowest BCUT2D eigenvalue weighted by Gasteiger charge is -2.35. The lowest BCUT2D eigenvalue weighted by molar-refractivity contribution is -0.146. The third-order valence-electron chi connectivity index (χ3n) is 13.3. The number of nitrogens with one attached hydrogen (secondary N) is 3. The van der Waals surface area contributed by atoms with E-state index in [2.05, 4.69) is 39.4 Å². The molecule has 8 rings (SSSR count). The largest absolute Gasteiger partial charge is 0.491 e. The number of fused-ring (bicyclic) bond motifs is 2. The van der Waals surface area contributed by atoms with Crippen LogP contribution in [0, 0.1) is 23.2 Å². The molecule has 5 aliphatic rings. The molecule has 3 aliphatic carbocycles. The number of alkyl carbamates (subject to hydrolysis) is 1. The molecule has 2 saturated heterocycles. The number of rotatable bonds is 16. The number of amides is 3. The molecule has 1 aromatic carbocycles. The van der Waals surface area contributed by atoms with E-state index >= 15 is 0 Å². The summed E-state index contributed by atoms with van der Waals surface area (Å²) in [6, 6.07) is 3.35. The maximum absolute atomic E-state index is 14.8. The molecule has 0 radical (unpaired) electrons. The molecule has 3 aromatic rings. The van der Waals surface area contributed by atoms with Crippen LogP contribution in [0.2, 0.25) is 5.02 Å². The third kappa shape index (κ3) is 9.92. The quantitative estimate of drug-likeness (QED) is 0.125. The molecule has 3 amide bonds. The second-order valence-corrected chi connectivity index (χ2v) is 20.8. The van der Waals surface area contributed by atoms with E-state index in [0.29, 0.717) is 57.3 Å². The number of carbonyl (C=O) groups is 4. The predicted octanol–water partition coefficient (Wildman–Crippen LogP) is 5.89. The standard InChI is InChI=1S/C46H61ClN8O8S/c1-8-28-22-46(28,42(58)59)52-40(56)34-20-30(23-55(34)41(57)39(45(4,5)6)51-44(60)63-29-18-26-17-27(26)19-29)62-36-21-32(33-24-64-43(50-33)48-25(2)3)49-38-31(36)9-10-35(37(38)47)61-16-15-54-13-11-53(7)12-14-54/h8-10,21,24-30,34,39H,1,11-20,22-23H2,2-7H3,(H,48,50)(H,51,60)(H,52,56)(H,58,59)/t26-,27+,28-,29+,30-,34+,39-,46-/m1/s1. The Morgan fingerprint density at radius 3 is 2.42 bits per heavy atom. The monoisotopic (exact) mass is 920 g/mol. The Kier molecular flexibility index (Phi) is 13.1. The summed E-state index contributed by atoms with van der Waals surface area (Å²) in [6.07, 6.45) is 2.88. The highest BCUT2D eigenvalue weighted by Gasteiger charge is 2.61. The first-order chi connectivity index (χ1) is 30.4. The van der Waals surface area contributed by atoms with Gasteiger partial charge in [-0.15, -0.1) is 17.9 Å². The predicted molar refractivity (Wildman–Crippen MR) is 245 cm³/mol. The van der Waals surface area contributed by atoms with Crippen molar-refractivity contribution in [3.8, 4) is 22.9 Å². The van der Waals surface area contributed by atoms with Crippen LogP contribution in [0.1, 0.15) is 66.7 Å². The summed E-state index contributed by atoms with van der Waals surface area (Å²) in [5.41, 5.74) is -0.808. The number of hydrogen-bond acceptors (Lipinski definition) is 13. The first-order valence-electron chi connectivity index (χ1n) is 22.4. The van der Waals surface area contributed by atoms with Crippen LogP contribution in [0.15, 0.2) is 36.2 Å². The molecule has 8 atom stereocenters. The van der Waals surface area contributed by atoms with Crippen LogP contribution in [0.4, 0.5) is 9.93 Å². The summed E-state index contributed by atoms with van der Waals surface area (Å²) in [5.74, 6) is -0.740. The van der Waals surface area contributed by atoms with Crippen LogP contribution in [0.3, 0.4) is 0 Å². The lowest BCUT2D eigenvalue weighted by Crippen LogP contribution is -2.59. The van der Waals surface area contributed by atoms with Crippen molar-refractivity contribution in [1.82, 2.24) is 35.3 Å². The van der Waals surface area contributed by atoms with E-state index in [-0.39, 0.29) is 31.5 Å². The number of carbonyl (C=O) groups excluding carboxylic acids is 3. The minimum atomic E-state index is -1.53. The first kappa shape index (κ1) is 45.8. The molecule has 16 nitrogen and oxygen atoms in total. The molecular formula is C46H61ClN8O8S. The van der Waals surface area contributed by atoms with E-state index in [0.717, 1.165) is 50.7 Å². The Balaban J connectivity index is 1.09. The zero-order valence-corrected chi connectivity index (χ0v) is 39.1. The van der Waals surface area contributed by atoms with Gasteiger partial charge in [-0.05, 0) is 76.0 Å². The van der Waals surface area contributed by atoms with Crippen molar-refractivity contribution in [1.29, 1.82) is 0 Å². The summed E-state index contributed by atoms with van der Waals surface area (Å²) in [6.45, 7) is 18.4. The SMILES string of the molecule is C=C[C@@H]1C[C@]1(NC(=O)[C@@H]1C[C@@H](Oc2cc(-c3csc(NC(C)C)n3)nc3c(Cl)c(OCCN4CCN(C)CC4)ccc23)CN1C(=O)[C@@H](NC(=O)O[C@@H]1C[C@@H]2C[C@@H]2C1)C(C)(C)C)C(=O)O. The number of likely N-dealkylation sites (N-methyl/N-ethyl adjacent to an activating group) is 1. The van der Waals surface area contributed by atoms with Gasteiger partial charge in [-0.25, -0.2) is 19.6 Å². The number of likely N-dealkylation sites (tertiary alicyclic amines) is 1. The van der Waals surface area contributed by atoms with Gasteiger partial charge >= 0.3 is 12.1 Å². The highest BCUT2D eigenvalue weighted by Crippen LogP contribution is 2.52. The number of carboxylic acids is 1. The number of ether oxygens (including phenoxy) is 3. The van der Waals surface area contributed by atoms with Crippen molar-refractivity contribution in [2.45, 2.75) is 103 Å². The van der Waals surface area contributed by atoms with Crippen LogP contribution >= 0.6 is 22.9 Å². The van der Waals surface area contributed by atoms with Gasteiger partial charge in [0.2, 0.25) is 11.8 Å². The van der Waals surface area contributed by atoms with Gasteiger partial charge in [0.05, 0.1) is 17.8 Å². The van der Waals surface area contributed by atoms with Crippen molar-refractivity contribution >= 4 is 62.8 Å². The zero-order valence-electron chi connectivity index (χ0n) is 37.5. The van der Waals surface area contributed by atoms with Gasteiger partial charge in [0.15, 0.2) is 5.13 Å². The summed E-state index contributed by atoms with van der Waals surface area (Å²) >= 11 is 8.58. The number of piperazine rings is 1. The normalized spacial score (nSPS) is 27.2. The first-order valence-corrected chi connectivity index (χ1v) is 23.7. The fraction of sp³-hybridized carbons (Fsp3) is 0.609. The average Bonchev–Trinajstić information content (AvgIpc) is 3.91. The van der Waals surface area contributed by atoms with Crippen LogP contribution < -0.4 is 25.4 Å². The smallest absolute Gasteiger partial charge is 0.408 e. The Hall–Kier alpha value is -4.71. The van der Waals surface area contributed by atoms with Crippen LogP contribution in [0.5, 0.6) is 11.5 Å². The molecular weight excluding hydrogens is 860 g/mol. The summed E-state index contributed by atoms with van der Waals surface area (Å²) in [4.78, 5) is 70.9. The van der Waals surface area contributed by atoms with Crippen molar-refractivity contribution in [3.63, 3.8) is 0 Å². The fourth-order valence-electron chi connectivity index (χ4n) is 9.36. The van der Waals surface area contributed by atoms with Crippen molar-refractivity contribution in [3.05, 3.63) is 41.3 Å². The Labute approximate surface area is 383 Å². The van der Waals surface area contributed by atoms with E-state index < -0.39 is 58.9 Å². The van der Waals surface area contributed by atoms with Gasteiger partial charge in [0.1, 0.15) is 58.7 Å². The maximum Gasteiger partial charge on any atom is 0.408 e. The number of aromatic nitrogens is 2. The Morgan fingerprint density at radius 1 is 1.03 bits per heavy atom. The molecule has 3 saturated carbocycles. The molecule has 4 N–H and O–H groups in total. The van der Waals surface area contributed by atoms with E-state index in [1.807, 2.05) is 46.1 Å². The van der Waals surface area contributed by atoms with E-state index in [9.17, 15) is 24.3 Å². The molecule has 2 aromatic heterocycles. The molecule has 4 heterocycles. The van der Waals surface area contributed by atoms with Crippen LogP contribution in [-0.4, -0.2) is 142 Å². The number of anilines is 1. The summed E-state index contributed by atoms with van der Waals surface area (Å²) in [5, 5.41) is 22.6. The molecule has 0 spiro atoms. The number of halogens is 1. The maximum atomic E-state index is 14.8. The minimum absolute atomic E-state index is 0.0255. The van der Waals surface area contributed by atoms with E-state index in [1.165, 1.54) is 28.7 Å². The fourth-order valence-corrected chi connectivity index (χ4v) is 10.5. The molecule has 2 aliphatic heterocycles. The number of benzene rings is 1. The second-order valence-electron chi connectivity index (χ2n) is 19.6. The molecule has 64 heavy (non-hydrogen) atoms. The van der Waals surface area contributed by atoms with E-state index in [1.54, 1.807) is 12.1 Å². The number of aliphatic carboxylic acids is 1. The van der Waals surface area contributed by atoms with Gasteiger partial charge in [-0.1, -0.05) is 38.4 Å². The van der Waals surface area contributed by atoms with Crippen molar-refractivity contribution < 1.29 is 38.5 Å². The van der Waals surface area contributed by atoms with Crippen LogP contribution in [0.25, 0.3) is 22.3 Å². The van der Waals surface area contributed by atoms with Crippen molar-refractivity contribution in [2.75, 3.05) is 58.2 Å². The number of thiazole rings is 1. The number of hydrogen-bond donors (Lipinski definition) is 4. The minimum Gasteiger partial charge on any atom is -0.491 e. The molecule has 18 heteroatoms. The number of nitrogens with zero attached hydrogens (tertiary/aromatic N) is 5. The number of pyridine rings is 1. The highest BCUT2D eigenvalue weighted by molar-refractivity contribution is 7.14. The van der Waals surface area contributed by atoms with Crippen LogP contribution in [-0.2, 0) is 19.1 Å². The topological polar surface area (TPSA) is 188 Å². The Morgan fingerprint density at radius 2 is 1.77 bits per heavy atom. The van der Waals surface area contributed by atoms with Gasteiger partial charge in [-0.3, -0.25) is 14.5 Å². The second kappa shape index (κ2) is 18.3. The Bertz CT molecular complexity index is 2270. The van der Waals surface area contributed by atoms with E-state index in [4.69, 9.17) is 35.8 Å². The molecule has 346 valence electrons. The average molecular weight is 922 g/mol. The van der Waals surface area contributed by atoms with Gasteiger partial charge in [0.25, 0.3) is 0 Å². The lowest BCUT2D eigenvalue weighted by atomic mass is 9.85. The van der Waals surface area contributed by atoms with Crippen molar-refractivity contribution in [2.24, 2.45) is 23.2 Å². The third-order valence-corrected chi connectivity index (χ3v) is 14.4. The number of carboxylic acid groups (broad SMARTS) is 1. The highest BCUT2D eigenvalue weighted by atomic mass is 35.5. The molecule has 0 unspecified atom stereocenters. The summed E-state index contributed by atoms with van der Waals surface area (Å²) in [7, 11) is 2.12. The zero-order chi connectivity index (χ0) is 45.7. The summed E-state index contributed by atoms with van der Waals surface area (Å²) < 4.78 is 18.9. The van der Waals surface area contributed by atoms with Gasteiger partial charge in [-0.2, -0.15) is 0 Å². The molecule has 0 bridgehead atoms. The van der Waals surface area contributed by atoms with Gasteiger partial charge in [0, 0.05) is 67.9 Å². The molecule has 5 fully saturated rings.